The van der Waals surface area contributed by atoms with Crippen molar-refractivity contribution in [1.29, 1.82) is 0 Å². The molecule has 1 aromatic carbocycles. The van der Waals surface area contributed by atoms with Gasteiger partial charge in [0.15, 0.2) is 0 Å². The summed E-state index contributed by atoms with van der Waals surface area (Å²) in [5.41, 5.74) is 0.802. The molecule has 0 saturated carbocycles. The number of nitrogens with one attached hydrogen (secondary N) is 1. The summed E-state index contributed by atoms with van der Waals surface area (Å²) in [6.45, 7) is 1.82. The van der Waals surface area contributed by atoms with Crippen molar-refractivity contribution < 1.29 is 9.18 Å². The molecular weight excluding hydrogens is 299 g/mol. The number of rotatable bonds is 2. The van der Waals surface area contributed by atoms with Crippen LogP contribution < -0.4 is 5.32 Å². The van der Waals surface area contributed by atoms with Crippen LogP contribution in [-0.4, -0.2) is 10.9 Å². The van der Waals surface area contributed by atoms with Gasteiger partial charge in [-0.25, -0.2) is 9.37 Å². The van der Waals surface area contributed by atoms with Crippen LogP contribution in [-0.2, 0) is 0 Å². The SMILES string of the molecule is Cc1cccnc1NC(=O)c1cccc(Br)c1F. The van der Waals surface area contributed by atoms with E-state index in [1.54, 1.807) is 18.3 Å². The number of hydrogen-bond acceptors (Lipinski definition) is 2. The molecule has 0 aliphatic rings. The van der Waals surface area contributed by atoms with Gasteiger partial charge in [-0.05, 0) is 46.6 Å². The minimum atomic E-state index is -0.580. The van der Waals surface area contributed by atoms with E-state index in [1.165, 1.54) is 12.1 Å². The fourth-order valence-electron chi connectivity index (χ4n) is 1.47. The number of benzene rings is 1. The summed E-state index contributed by atoms with van der Waals surface area (Å²) < 4.78 is 14.0. The van der Waals surface area contributed by atoms with Gasteiger partial charge in [-0.15, -0.1) is 0 Å². The highest BCUT2D eigenvalue weighted by atomic mass is 79.9. The Kier molecular flexibility index (Phi) is 3.72. The van der Waals surface area contributed by atoms with Crippen molar-refractivity contribution in [1.82, 2.24) is 4.98 Å². The lowest BCUT2D eigenvalue weighted by atomic mass is 10.2. The number of aryl methyl sites for hydroxylation is 1. The van der Waals surface area contributed by atoms with E-state index < -0.39 is 11.7 Å². The summed E-state index contributed by atoms with van der Waals surface area (Å²) >= 11 is 3.04. The van der Waals surface area contributed by atoms with E-state index in [1.807, 2.05) is 13.0 Å². The number of aromatic nitrogens is 1. The largest absolute Gasteiger partial charge is 0.306 e. The first kappa shape index (κ1) is 12.7. The van der Waals surface area contributed by atoms with Crippen LogP contribution in [0.1, 0.15) is 15.9 Å². The van der Waals surface area contributed by atoms with E-state index in [4.69, 9.17) is 0 Å². The van der Waals surface area contributed by atoms with Gasteiger partial charge in [0.2, 0.25) is 0 Å². The third-order valence-electron chi connectivity index (χ3n) is 2.44. The predicted octanol–water partition coefficient (Wildman–Crippen LogP) is 3.54. The molecule has 0 fully saturated rings. The first-order valence-electron chi connectivity index (χ1n) is 5.26. The van der Waals surface area contributed by atoms with Crippen molar-refractivity contribution >= 4 is 27.7 Å². The van der Waals surface area contributed by atoms with Crippen LogP contribution in [0.5, 0.6) is 0 Å². The third kappa shape index (κ3) is 2.56. The quantitative estimate of drug-likeness (QED) is 0.922. The van der Waals surface area contributed by atoms with Gasteiger partial charge in [0.05, 0.1) is 10.0 Å². The van der Waals surface area contributed by atoms with Gasteiger partial charge in [-0.1, -0.05) is 12.1 Å². The van der Waals surface area contributed by atoms with Gasteiger partial charge in [0, 0.05) is 6.20 Å². The molecule has 2 aromatic rings. The van der Waals surface area contributed by atoms with E-state index in [9.17, 15) is 9.18 Å². The standard InChI is InChI=1S/C13H10BrFN2O/c1-8-4-3-7-16-12(8)17-13(18)9-5-2-6-10(14)11(9)15/h2-7H,1H3,(H,16,17,18). The van der Waals surface area contributed by atoms with E-state index >= 15 is 0 Å². The lowest BCUT2D eigenvalue weighted by molar-refractivity contribution is 0.102. The molecule has 0 spiro atoms. The summed E-state index contributed by atoms with van der Waals surface area (Å²) in [5.74, 6) is -0.666. The van der Waals surface area contributed by atoms with Gasteiger partial charge in [-0.2, -0.15) is 0 Å². The highest BCUT2D eigenvalue weighted by molar-refractivity contribution is 9.10. The van der Waals surface area contributed by atoms with Crippen LogP contribution in [0.3, 0.4) is 0 Å². The zero-order chi connectivity index (χ0) is 13.1. The molecule has 0 unspecified atom stereocenters. The molecule has 0 aliphatic heterocycles. The predicted molar refractivity (Wildman–Crippen MR) is 71.0 cm³/mol. The zero-order valence-electron chi connectivity index (χ0n) is 9.58. The van der Waals surface area contributed by atoms with Crippen molar-refractivity contribution in [3.63, 3.8) is 0 Å². The van der Waals surface area contributed by atoms with Crippen LogP contribution in [0, 0.1) is 12.7 Å². The zero-order valence-corrected chi connectivity index (χ0v) is 11.2. The number of hydrogen-bond donors (Lipinski definition) is 1. The van der Waals surface area contributed by atoms with Crippen molar-refractivity contribution in [2.24, 2.45) is 0 Å². The molecule has 0 bridgehead atoms. The monoisotopic (exact) mass is 308 g/mol. The first-order chi connectivity index (χ1) is 8.59. The van der Waals surface area contributed by atoms with E-state index in [-0.39, 0.29) is 10.0 Å². The van der Waals surface area contributed by atoms with Crippen molar-refractivity contribution in [2.45, 2.75) is 6.92 Å². The van der Waals surface area contributed by atoms with E-state index in [0.29, 0.717) is 5.82 Å². The Morgan fingerprint density at radius 1 is 1.33 bits per heavy atom. The Bertz CT molecular complexity index is 601. The fraction of sp³-hybridized carbons (Fsp3) is 0.0769. The maximum atomic E-state index is 13.7. The van der Waals surface area contributed by atoms with Gasteiger partial charge in [0.25, 0.3) is 5.91 Å². The minimum absolute atomic E-state index is 0.0190. The van der Waals surface area contributed by atoms with Gasteiger partial charge >= 0.3 is 0 Å². The maximum absolute atomic E-state index is 13.7. The first-order valence-corrected chi connectivity index (χ1v) is 6.06. The summed E-state index contributed by atoms with van der Waals surface area (Å²) in [4.78, 5) is 16.0. The number of amides is 1. The summed E-state index contributed by atoms with van der Waals surface area (Å²) in [6, 6.07) is 8.16. The fourth-order valence-corrected chi connectivity index (χ4v) is 1.84. The summed E-state index contributed by atoms with van der Waals surface area (Å²) in [7, 11) is 0. The Balaban J connectivity index is 2.28. The molecule has 92 valence electrons. The molecule has 1 aromatic heterocycles. The third-order valence-corrected chi connectivity index (χ3v) is 3.05. The lowest BCUT2D eigenvalue weighted by Crippen LogP contribution is -2.15. The highest BCUT2D eigenvalue weighted by Gasteiger charge is 2.14. The van der Waals surface area contributed by atoms with Gasteiger partial charge in [0.1, 0.15) is 11.6 Å². The molecule has 0 saturated heterocycles. The Labute approximate surface area is 112 Å². The van der Waals surface area contributed by atoms with Gasteiger partial charge < -0.3 is 5.32 Å². The number of carbonyl (C=O) groups excluding carboxylic acids is 1. The molecule has 3 nitrogen and oxygen atoms in total. The minimum Gasteiger partial charge on any atom is -0.306 e. The Morgan fingerprint density at radius 2 is 2.11 bits per heavy atom. The van der Waals surface area contributed by atoms with E-state index in [2.05, 4.69) is 26.2 Å². The molecule has 18 heavy (non-hydrogen) atoms. The van der Waals surface area contributed by atoms with Crippen LogP contribution in [0.4, 0.5) is 10.2 Å². The highest BCUT2D eigenvalue weighted by Crippen LogP contribution is 2.20. The number of halogens is 2. The Hall–Kier alpha value is -1.75. The summed E-state index contributed by atoms with van der Waals surface area (Å²) in [6.07, 6.45) is 1.57. The molecule has 1 N–H and O–H groups in total. The van der Waals surface area contributed by atoms with Crippen molar-refractivity contribution in [3.05, 3.63) is 57.9 Å². The van der Waals surface area contributed by atoms with E-state index in [0.717, 1.165) is 5.56 Å². The molecule has 0 atom stereocenters. The smallest absolute Gasteiger partial charge is 0.259 e. The number of anilines is 1. The normalized spacial score (nSPS) is 10.2. The molecule has 0 aliphatic carbocycles. The lowest BCUT2D eigenvalue weighted by Gasteiger charge is -2.08. The van der Waals surface area contributed by atoms with Gasteiger partial charge in [-0.3, -0.25) is 4.79 Å². The second-order valence-electron chi connectivity index (χ2n) is 3.72. The Morgan fingerprint density at radius 3 is 2.83 bits per heavy atom. The molecule has 0 radical (unpaired) electrons. The van der Waals surface area contributed by atoms with Crippen molar-refractivity contribution in [3.8, 4) is 0 Å². The van der Waals surface area contributed by atoms with Crippen LogP contribution in [0.2, 0.25) is 0 Å². The van der Waals surface area contributed by atoms with Crippen molar-refractivity contribution in [2.75, 3.05) is 5.32 Å². The molecule has 1 amide bonds. The van der Waals surface area contributed by atoms with Crippen LogP contribution >= 0.6 is 15.9 Å². The second kappa shape index (κ2) is 5.27. The number of carbonyl (C=O) groups is 1. The molecule has 5 heteroatoms. The topological polar surface area (TPSA) is 42.0 Å². The second-order valence-corrected chi connectivity index (χ2v) is 4.58. The molecule has 2 rings (SSSR count). The van der Waals surface area contributed by atoms with Crippen LogP contribution in [0.15, 0.2) is 41.0 Å². The average molecular weight is 309 g/mol. The maximum Gasteiger partial charge on any atom is 0.259 e. The average Bonchev–Trinajstić information content (AvgIpc) is 2.35. The number of nitrogens with zero attached hydrogens (tertiary/aromatic N) is 1. The number of pyridine rings is 1. The molecular formula is C13H10BrFN2O. The molecule has 1 heterocycles. The summed E-state index contributed by atoms with van der Waals surface area (Å²) in [5, 5.41) is 2.58. The van der Waals surface area contributed by atoms with Crippen LogP contribution in [0.25, 0.3) is 0 Å².